The van der Waals surface area contributed by atoms with Gasteiger partial charge in [-0.2, -0.15) is 0 Å². The van der Waals surface area contributed by atoms with E-state index in [4.69, 9.17) is 15.2 Å². The van der Waals surface area contributed by atoms with Gasteiger partial charge in [0.15, 0.2) is 11.5 Å². The Morgan fingerprint density at radius 3 is 2.56 bits per heavy atom. The molecule has 196 valence electrons. The number of nitrogens with one attached hydrogen (secondary N) is 3. The van der Waals surface area contributed by atoms with E-state index in [9.17, 15) is 9.59 Å². The van der Waals surface area contributed by atoms with Crippen LogP contribution in [0.4, 0.5) is 22.1 Å². The van der Waals surface area contributed by atoms with E-state index in [1.807, 2.05) is 39.0 Å². The molecule has 1 aliphatic heterocycles. The summed E-state index contributed by atoms with van der Waals surface area (Å²) >= 11 is 0. The number of alkyl carbamates (subject to hydrolysis) is 1. The Morgan fingerprint density at radius 1 is 1.14 bits per heavy atom. The summed E-state index contributed by atoms with van der Waals surface area (Å²) < 4.78 is 10.9. The quantitative estimate of drug-likeness (QED) is 0.449. The Hall–Kier alpha value is -3.47. The van der Waals surface area contributed by atoms with Gasteiger partial charge in [-0.05, 0) is 39.3 Å². The van der Waals surface area contributed by atoms with Gasteiger partial charge < -0.3 is 31.2 Å². The third kappa shape index (κ3) is 7.77. The topological polar surface area (TPSA) is 153 Å². The average molecular weight is 500 g/mol. The highest BCUT2D eigenvalue weighted by atomic mass is 16.6. The maximum atomic E-state index is 12.3. The molecule has 1 saturated heterocycles. The number of carbonyl (C=O) groups is 2. The molecule has 2 atom stereocenters. The number of amides is 2. The molecule has 1 fully saturated rings. The number of carbonyl (C=O) groups excluding carboxylic acids is 2. The molecule has 11 heteroatoms. The van der Waals surface area contributed by atoms with Gasteiger partial charge in [0.05, 0.1) is 18.3 Å². The number of nitrogens with two attached hydrogens (primary N) is 1. The van der Waals surface area contributed by atoms with Crippen molar-refractivity contribution in [3.05, 3.63) is 35.7 Å². The van der Waals surface area contributed by atoms with E-state index < -0.39 is 17.6 Å². The highest BCUT2D eigenvalue weighted by molar-refractivity contribution is 5.97. The van der Waals surface area contributed by atoms with Gasteiger partial charge in [-0.25, -0.2) is 9.78 Å². The number of hydrogen-bond donors (Lipinski definition) is 4. The van der Waals surface area contributed by atoms with Crippen LogP contribution in [0.25, 0.3) is 0 Å². The van der Waals surface area contributed by atoms with Crippen molar-refractivity contribution in [2.75, 3.05) is 30.4 Å². The number of pyridine rings is 1. The summed E-state index contributed by atoms with van der Waals surface area (Å²) in [6.45, 7) is 13.2. The molecule has 3 heterocycles. The maximum Gasteiger partial charge on any atom is 0.407 e. The molecule has 36 heavy (non-hydrogen) atoms. The van der Waals surface area contributed by atoms with E-state index in [0.717, 1.165) is 12.1 Å². The third-order valence-electron chi connectivity index (χ3n) is 5.55. The van der Waals surface area contributed by atoms with Gasteiger partial charge in [0, 0.05) is 36.2 Å². The molecule has 2 aromatic rings. The largest absolute Gasteiger partial charge is 0.444 e. The number of hydrogen-bond acceptors (Lipinski definition) is 9. The summed E-state index contributed by atoms with van der Waals surface area (Å²) in [5, 5.41) is 17.5. The van der Waals surface area contributed by atoms with E-state index >= 15 is 0 Å². The lowest BCUT2D eigenvalue weighted by atomic mass is 9.92. The molecule has 0 radical (unpaired) electrons. The van der Waals surface area contributed by atoms with Crippen molar-refractivity contribution in [1.29, 1.82) is 0 Å². The molecule has 5 N–H and O–H groups in total. The van der Waals surface area contributed by atoms with E-state index in [2.05, 4.69) is 51.9 Å². The number of primary amides is 1. The first-order valence-electron chi connectivity index (χ1n) is 12.0. The highest BCUT2D eigenvalue weighted by Gasteiger charge is 2.29. The van der Waals surface area contributed by atoms with Crippen LogP contribution >= 0.6 is 0 Å². The molecule has 0 bridgehead atoms. The molecule has 2 amide bonds. The van der Waals surface area contributed by atoms with Crippen LogP contribution in [0, 0.1) is 5.92 Å². The molecule has 2 aromatic heterocycles. The van der Waals surface area contributed by atoms with Crippen LogP contribution in [0.15, 0.2) is 24.3 Å². The summed E-state index contributed by atoms with van der Waals surface area (Å²) in [6.07, 6.45) is 0.264. The summed E-state index contributed by atoms with van der Waals surface area (Å²) in [7, 11) is 0. The zero-order valence-corrected chi connectivity index (χ0v) is 21.8. The van der Waals surface area contributed by atoms with Crippen LogP contribution in [0.5, 0.6) is 0 Å². The minimum Gasteiger partial charge on any atom is -0.444 e. The standard InChI is InChI=1S/C25H37N7O4/c1-24(2,3)18-8-7-9-19(30-18)28-16-12-20(31-32-21(16)22(26)33)27-13-15-10-11-35-14-17(15)29-23(34)36-25(4,5)6/h7-9,12,15,17H,10-11,13-14H2,1-6H3,(H2,26,33)(H,29,34)(H2,27,28,30,31)/t15-,17-/m0/s1. The Morgan fingerprint density at radius 2 is 1.89 bits per heavy atom. The predicted octanol–water partition coefficient (Wildman–Crippen LogP) is 3.35. The molecule has 3 rings (SSSR count). The highest BCUT2D eigenvalue weighted by Crippen LogP contribution is 2.25. The maximum absolute atomic E-state index is 12.3. The first-order valence-corrected chi connectivity index (χ1v) is 12.0. The molecule has 0 unspecified atom stereocenters. The van der Waals surface area contributed by atoms with E-state index in [1.54, 1.807) is 6.07 Å². The van der Waals surface area contributed by atoms with E-state index in [-0.39, 0.29) is 23.1 Å². The Bertz CT molecular complexity index is 1080. The average Bonchev–Trinajstić information content (AvgIpc) is 2.77. The van der Waals surface area contributed by atoms with Crippen molar-refractivity contribution in [3.8, 4) is 0 Å². The summed E-state index contributed by atoms with van der Waals surface area (Å²) in [4.78, 5) is 28.9. The Labute approximate surface area is 211 Å². The lowest BCUT2D eigenvalue weighted by Gasteiger charge is -2.33. The van der Waals surface area contributed by atoms with Crippen molar-refractivity contribution in [1.82, 2.24) is 20.5 Å². The van der Waals surface area contributed by atoms with E-state index in [1.165, 1.54) is 0 Å². The van der Waals surface area contributed by atoms with Crippen LogP contribution in [0.3, 0.4) is 0 Å². The molecule has 0 aliphatic carbocycles. The van der Waals surface area contributed by atoms with Crippen LogP contribution in [-0.4, -0.2) is 58.6 Å². The SMILES string of the molecule is CC(C)(C)OC(=O)N[C@H]1COCC[C@H]1CNc1cc(Nc2cccc(C(C)(C)C)n2)c(C(N)=O)nn1. The second kappa shape index (κ2) is 11.1. The van der Waals surface area contributed by atoms with Crippen molar-refractivity contribution < 1.29 is 19.1 Å². The zero-order chi connectivity index (χ0) is 26.5. The van der Waals surface area contributed by atoms with Gasteiger partial charge in [0.1, 0.15) is 11.4 Å². The molecule has 0 aromatic carbocycles. The fraction of sp³-hybridized carbons (Fsp3) is 0.560. The van der Waals surface area contributed by atoms with Crippen LogP contribution in [0.2, 0.25) is 0 Å². The monoisotopic (exact) mass is 499 g/mol. The predicted molar refractivity (Wildman–Crippen MR) is 137 cm³/mol. The Kier molecular flexibility index (Phi) is 8.34. The molecular formula is C25H37N7O4. The summed E-state index contributed by atoms with van der Waals surface area (Å²) in [6, 6.07) is 7.11. The first kappa shape index (κ1) is 27.1. The molecule has 0 saturated carbocycles. The smallest absolute Gasteiger partial charge is 0.407 e. The van der Waals surface area contributed by atoms with Gasteiger partial charge >= 0.3 is 6.09 Å². The zero-order valence-electron chi connectivity index (χ0n) is 21.8. The van der Waals surface area contributed by atoms with Crippen LogP contribution in [0.1, 0.15) is 64.1 Å². The second-order valence-electron chi connectivity index (χ2n) is 10.9. The van der Waals surface area contributed by atoms with Crippen molar-refractivity contribution in [2.24, 2.45) is 11.7 Å². The normalized spacial score (nSPS) is 18.3. The van der Waals surface area contributed by atoms with Crippen molar-refractivity contribution >= 4 is 29.3 Å². The minimum atomic E-state index is -0.699. The van der Waals surface area contributed by atoms with Crippen molar-refractivity contribution in [2.45, 2.75) is 65.0 Å². The number of anilines is 3. The third-order valence-corrected chi connectivity index (χ3v) is 5.55. The molecule has 0 spiro atoms. The van der Waals surface area contributed by atoms with Crippen LogP contribution in [-0.2, 0) is 14.9 Å². The van der Waals surface area contributed by atoms with E-state index in [0.29, 0.717) is 37.1 Å². The summed E-state index contributed by atoms with van der Waals surface area (Å²) in [5.74, 6) is 0.395. The number of nitrogens with zero attached hydrogens (tertiary/aromatic N) is 3. The van der Waals surface area contributed by atoms with Gasteiger partial charge in [-0.3, -0.25) is 4.79 Å². The fourth-order valence-electron chi connectivity index (χ4n) is 3.70. The van der Waals surface area contributed by atoms with Crippen LogP contribution < -0.4 is 21.7 Å². The molecule has 11 nitrogen and oxygen atoms in total. The first-order chi connectivity index (χ1) is 16.8. The Balaban J connectivity index is 1.73. The second-order valence-corrected chi connectivity index (χ2v) is 10.9. The minimum absolute atomic E-state index is 0.0130. The van der Waals surface area contributed by atoms with Gasteiger partial charge in [-0.1, -0.05) is 26.8 Å². The lowest BCUT2D eigenvalue weighted by Crippen LogP contribution is -2.49. The van der Waals surface area contributed by atoms with Gasteiger partial charge in [-0.15, -0.1) is 10.2 Å². The van der Waals surface area contributed by atoms with Gasteiger partial charge in [0.25, 0.3) is 5.91 Å². The molecule has 1 aliphatic rings. The summed E-state index contributed by atoms with van der Waals surface area (Å²) in [5.41, 5.74) is 6.11. The number of aromatic nitrogens is 3. The number of rotatable bonds is 7. The van der Waals surface area contributed by atoms with Gasteiger partial charge in [0.2, 0.25) is 0 Å². The lowest BCUT2D eigenvalue weighted by molar-refractivity contribution is 0.0197. The fourth-order valence-corrected chi connectivity index (χ4v) is 3.70. The van der Waals surface area contributed by atoms with Crippen molar-refractivity contribution in [3.63, 3.8) is 0 Å². The number of ether oxygens (including phenoxy) is 2. The molecular weight excluding hydrogens is 462 g/mol.